The van der Waals surface area contributed by atoms with Gasteiger partial charge in [-0.15, -0.1) is 10.2 Å². The van der Waals surface area contributed by atoms with Crippen molar-refractivity contribution in [2.75, 3.05) is 5.32 Å². The number of amides is 1. The molecule has 0 aliphatic carbocycles. The fourth-order valence-corrected chi connectivity index (χ4v) is 2.06. The minimum absolute atomic E-state index is 0.117. The number of benzene rings is 2. The van der Waals surface area contributed by atoms with Gasteiger partial charge in [0.25, 0.3) is 5.91 Å². The van der Waals surface area contributed by atoms with Gasteiger partial charge in [0.2, 0.25) is 12.3 Å². The summed E-state index contributed by atoms with van der Waals surface area (Å²) in [6.45, 7) is 1.52. The maximum atomic E-state index is 13.6. The summed E-state index contributed by atoms with van der Waals surface area (Å²) in [5.41, 5.74) is 0.587. The topological polar surface area (TPSA) is 77.2 Å². The lowest BCUT2D eigenvalue weighted by Crippen LogP contribution is -2.30. The highest BCUT2D eigenvalue weighted by atomic mass is 19.1. The largest absolute Gasteiger partial charge is 0.481 e. The molecule has 2 aromatic carbocycles. The Bertz CT molecular complexity index is 867. The van der Waals surface area contributed by atoms with Gasteiger partial charge in [-0.2, -0.15) is 0 Å². The number of rotatable bonds is 5. The molecule has 128 valence electrons. The van der Waals surface area contributed by atoms with Crippen LogP contribution in [0.25, 0.3) is 11.5 Å². The Morgan fingerprint density at radius 2 is 1.96 bits per heavy atom. The molecule has 1 aromatic heterocycles. The molecule has 25 heavy (non-hydrogen) atoms. The van der Waals surface area contributed by atoms with Crippen molar-refractivity contribution in [3.05, 3.63) is 60.5 Å². The highest BCUT2D eigenvalue weighted by Gasteiger charge is 2.17. The Balaban J connectivity index is 1.63. The maximum absolute atomic E-state index is 13.6. The van der Waals surface area contributed by atoms with Crippen LogP contribution in [0.1, 0.15) is 6.92 Å². The van der Waals surface area contributed by atoms with E-state index in [4.69, 9.17) is 9.15 Å². The molecule has 0 fully saturated rings. The van der Waals surface area contributed by atoms with Gasteiger partial charge in [0.05, 0.1) is 5.69 Å². The van der Waals surface area contributed by atoms with E-state index in [0.717, 1.165) is 12.1 Å². The van der Waals surface area contributed by atoms with Crippen LogP contribution in [0.3, 0.4) is 0 Å². The van der Waals surface area contributed by atoms with E-state index in [2.05, 4.69) is 15.5 Å². The Kier molecular flexibility index (Phi) is 4.69. The van der Waals surface area contributed by atoms with E-state index in [1.54, 1.807) is 24.3 Å². The molecule has 3 aromatic rings. The van der Waals surface area contributed by atoms with Gasteiger partial charge >= 0.3 is 0 Å². The molecule has 0 unspecified atom stereocenters. The third-order valence-electron chi connectivity index (χ3n) is 3.33. The van der Waals surface area contributed by atoms with Gasteiger partial charge in [-0.1, -0.05) is 0 Å². The molecule has 1 atom stereocenters. The molecule has 0 bridgehead atoms. The summed E-state index contributed by atoms with van der Waals surface area (Å²) in [7, 11) is 0. The maximum Gasteiger partial charge on any atom is 0.265 e. The normalized spacial score (nSPS) is 11.8. The number of nitrogens with zero attached hydrogens (tertiary/aromatic N) is 2. The van der Waals surface area contributed by atoms with Crippen LogP contribution < -0.4 is 10.1 Å². The summed E-state index contributed by atoms with van der Waals surface area (Å²) >= 11 is 0. The van der Waals surface area contributed by atoms with E-state index in [0.29, 0.717) is 23.3 Å². The lowest BCUT2D eigenvalue weighted by molar-refractivity contribution is -0.122. The Labute approximate surface area is 141 Å². The summed E-state index contributed by atoms with van der Waals surface area (Å²) in [6, 6.07) is 9.58. The number of halogens is 2. The van der Waals surface area contributed by atoms with Crippen LogP contribution in [0.5, 0.6) is 5.75 Å². The SMILES string of the molecule is C[C@H](Oc1ccc(-c2nnco2)cc1)C(=O)Nc1ccc(F)cc1F. The zero-order valence-corrected chi connectivity index (χ0v) is 13.1. The van der Waals surface area contributed by atoms with Crippen molar-refractivity contribution in [2.24, 2.45) is 0 Å². The zero-order valence-electron chi connectivity index (χ0n) is 13.1. The molecule has 1 amide bonds. The van der Waals surface area contributed by atoms with Crippen LogP contribution in [0.4, 0.5) is 14.5 Å². The van der Waals surface area contributed by atoms with Gasteiger partial charge in [0, 0.05) is 11.6 Å². The van der Waals surface area contributed by atoms with E-state index >= 15 is 0 Å². The molecule has 3 rings (SSSR count). The van der Waals surface area contributed by atoms with Crippen LogP contribution in [0.2, 0.25) is 0 Å². The van der Waals surface area contributed by atoms with Crippen LogP contribution in [0, 0.1) is 11.6 Å². The Hall–Kier alpha value is -3.29. The number of hydrogen-bond donors (Lipinski definition) is 1. The minimum Gasteiger partial charge on any atom is -0.481 e. The minimum atomic E-state index is -0.890. The first-order valence-electron chi connectivity index (χ1n) is 7.32. The molecule has 1 N–H and O–H groups in total. The highest BCUT2D eigenvalue weighted by Crippen LogP contribution is 2.21. The molecule has 0 saturated heterocycles. The van der Waals surface area contributed by atoms with E-state index in [9.17, 15) is 13.6 Å². The zero-order chi connectivity index (χ0) is 17.8. The molecule has 1 heterocycles. The Morgan fingerprint density at radius 1 is 1.20 bits per heavy atom. The predicted molar refractivity (Wildman–Crippen MR) is 84.8 cm³/mol. The average molecular weight is 345 g/mol. The molecule has 6 nitrogen and oxygen atoms in total. The second kappa shape index (κ2) is 7.08. The number of ether oxygens (including phenoxy) is 1. The number of carbonyl (C=O) groups is 1. The molecular formula is C17H13F2N3O3. The van der Waals surface area contributed by atoms with Crippen molar-refractivity contribution < 1.29 is 22.7 Å². The van der Waals surface area contributed by atoms with E-state index < -0.39 is 23.6 Å². The number of aromatic nitrogens is 2. The van der Waals surface area contributed by atoms with Gasteiger partial charge in [-0.05, 0) is 43.3 Å². The number of nitrogens with one attached hydrogen (secondary N) is 1. The van der Waals surface area contributed by atoms with E-state index in [-0.39, 0.29) is 5.69 Å². The fourth-order valence-electron chi connectivity index (χ4n) is 2.06. The molecule has 0 aliphatic rings. The molecular weight excluding hydrogens is 332 g/mol. The van der Waals surface area contributed by atoms with Gasteiger partial charge in [-0.3, -0.25) is 4.79 Å². The third-order valence-corrected chi connectivity index (χ3v) is 3.33. The molecule has 0 radical (unpaired) electrons. The molecule has 8 heteroatoms. The van der Waals surface area contributed by atoms with E-state index in [1.807, 2.05) is 0 Å². The second-order valence-corrected chi connectivity index (χ2v) is 5.14. The van der Waals surface area contributed by atoms with Crippen molar-refractivity contribution in [3.8, 4) is 17.2 Å². The molecule has 0 aliphatic heterocycles. The van der Waals surface area contributed by atoms with Crippen LogP contribution in [-0.2, 0) is 4.79 Å². The number of anilines is 1. The molecule has 0 spiro atoms. The van der Waals surface area contributed by atoms with Gasteiger partial charge < -0.3 is 14.5 Å². The van der Waals surface area contributed by atoms with Gasteiger partial charge in [-0.25, -0.2) is 8.78 Å². The quantitative estimate of drug-likeness (QED) is 0.767. The van der Waals surface area contributed by atoms with E-state index in [1.165, 1.54) is 13.3 Å². The first-order chi connectivity index (χ1) is 12.0. The first kappa shape index (κ1) is 16.6. The summed E-state index contributed by atoms with van der Waals surface area (Å²) in [6.07, 6.45) is 0.333. The van der Waals surface area contributed by atoms with Crippen molar-refractivity contribution in [2.45, 2.75) is 13.0 Å². The van der Waals surface area contributed by atoms with Crippen LogP contribution in [-0.4, -0.2) is 22.2 Å². The van der Waals surface area contributed by atoms with Crippen molar-refractivity contribution in [3.63, 3.8) is 0 Å². The summed E-state index contributed by atoms with van der Waals surface area (Å²) in [4.78, 5) is 12.1. The highest BCUT2D eigenvalue weighted by molar-refractivity contribution is 5.94. The smallest absolute Gasteiger partial charge is 0.265 e. The lowest BCUT2D eigenvalue weighted by atomic mass is 10.2. The van der Waals surface area contributed by atoms with Crippen molar-refractivity contribution in [1.82, 2.24) is 10.2 Å². The number of hydrogen-bond acceptors (Lipinski definition) is 5. The standard InChI is InChI=1S/C17H13F2N3O3/c1-10(16(23)21-15-7-4-12(18)8-14(15)19)25-13-5-2-11(3-6-13)17-22-20-9-24-17/h2-10H,1H3,(H,21,23)/t10-/m0/s1. The summed E-state index contributed by atoms with van der Waals surface area (Å²) in [5.74, 6) is -1.34. The number of carbonyl (C=O) groups excluding carboxylic acids is 1. The fraction of sp³-hybridized carbons (Fsp3) is 0.118. The van der Waals surface area contributed by atoms with Crippen LogP contribution >= 0.6 is 0 Å². The Morgan fingerprint density at radius 3 is 2.60 bits per heavy atom. The van der Waals surface area contributed by atoms with Gasteiger partial charge in [0.1, 0.15) is 17.4 Å². The van der Waals surface area contributed by atoms with Crippen molar-refractivity contribution in [1.29, 1.82) is 0 Å². The monoisotopic (exact) mass is 345 g/mol. The third kappa shape index (κ3) is 3.97. The van der Waals surface area contributed by atoms with Gasteiger partial charge in [0.15, 0.2) is 6.10 Å². The average Bonchev–Trinajstić information content (AvgIpc) is 3.12. The predicted octanol–water partition coefficient (Wildman–Crippen LogP) is 3.42. The van der Waals surface area contributed by atoms with Crippen molar-refractivity contribution >= 4 is 11.6 Å². The second-order valence-electron chi connectivity index (χ2n) is 5.14. The molecule has 0 saturated carbocycles. The first-order valence-corrected chi connectivity index (χ1v) is 7.32. The summed E-state index contributed by atoms with van der Waals surface area (Å²) in [5, 5.41) is 9.73. The lowest BCUT2D eigenvalue weighted by Gasteiger charge is -2.15. The van der Waals surface area contributed by atoms with Crippen LogP contribution in [0.15, 0.2) is 53.3 Å². The summed E-state index contributed by atoms with van der Waals surface area (Å²) < 4.78 is 37.0.